The molecule has 0 aliphatic heterocycles. The first kappa shape index (κ1) is 19.5. The number of halogens is 1. The van der Waals surface area contributed by atoms with Crippen molar-refractivity contribution in [1.82, 2.24) is 15.5 Å². The molecule has 2 aromatic carbocycles. The van der Waals surface area contributed by atoms with Crippen LogP contribution in [0.2, 0.25) is 0 Å². The first-order valence-electron chi connectivity index (χ1n) is 9.00. The number of carbonyl (C=O) groups is 1. The van der Waals surface area contributed by atoms with Gasteiger partial charge in [0.1, 0.15) is 17.6 Å². The molecular weight excluding hydrogens is 361 g/mol. The highest BCUT2D eigenvalue weighted by molar-refractivity contribution is 5.94. The van der Waals surface area contributed by atoms with Crippen LogP contribution in [-0.2, 0) is 0 Å². The smallest absolute Gasteiger partial charge is 0.251 e. The molecule has 3 rings (SSSR count). The monoisotopic (exact) mass is 383 g/mol. The Hall–Kier alpha value is -3.22. The molecule has 0 aliphatic carbocycles. The summed E-state index contributed by atoms with van der Waals surface area (Å²) >= 11 is 0. The molecule has 28 heavy (non-hydrogen) atoms. The standard InChI is InChI=1S/C21H22FN3O3/c1-13(2)12-18(23-20(26)15-6-10-17(27-3)11-7-15)21-24-19(25-28-21)14-4-8-16(22)9-5-14/h4-11,13,18H,12H2,1-3H3,(H,23,26). The number of nitrogens with one attached hydrogen (secondary N) is 1. The number of hydrogen-bond donors (Lipinski definition) is 1. The molecule has 6 nitrogen and oxygen atoms in total. The Kier molecular flexibility index (Phi) is 6.03. The van der Waals surface area contributed by atoms with Crippen molar-refractivity contribution in [2.24, 2.45) is 5.92 Å². The third-order valence-corrected chi connectivity index (χ3v) is 4.21. The highest BCUT2D eigenvalue weighted by Crippen LogP contribution is 2.24. The van der Waals surface area contributed by atoms with E-state index in [-0.39, 0.29) is 11.7 Å². The van der Waals surface area contributed by atoms with E-state index in [0.717, 1.165) is 0 Å². The number of benzene rings is 2. The van der Waals surface area contributed by atoms with Crippen molar-refractivity contribution >= 4 is 5.91 Å². The fraction of sp³-hybridized carbons (Fsp3) is 0.286. The number of nitrogens with zero attached hydrogens (tertiary/aromatic N) is 2. The predicted molar refractivity (Wildman–Crippen MR) is 102 cm³/mol. The van der Waals surface area contributed by atoms with Gasteiger partial charge in [-0.25, -0.2) is 4.39 Å². The number of ether oxygens (including phenoxy) is 1. The van der Waals surface area contributed by atoms with Gasteiger partial charge in [-0.3, -0.25) is 4.79 Å². The highest BCUT2D eigenvalue weighted by Gasteiger charge is 2.23. The molecule has 0 fully saturated rings. The van der Waals surface area contributed by atoms with Gasteiger partial charge in [0.25, 0.3) is 5.91 Å². The van der Waals surface area contributed by atoms with Gasteiger partial charge in [-0.15, -0.1) is 0 Å². The summed E-state index contributed by atoms with van der Waals surface area (Å²) in [4.78, 5) is 17.0. The molecule has 7 heteroatoms. The Bertz CT molecular complexity index is 921. The van der Waals surface area contributed by atoms with Crippen LogP contribution in [0.4, 0.5) is 4.39 Å². The quantitative estimate of drug-likeness (QED) is 0.654. The molecule has 0 radical (unpaired) electrons. The second kappa shape index (κ2) is 8.65. The van der Waals surface area contributed by atoms with E-state index in [1.54, 1.807) is 43.5 Å². The fourth-order valence-corrected chi connectivity index (χ4v) is 2.77. The molecule has 0 bridgehead atoms. The van der Waals surface area contributed by atoms with E-state index in [1.807, 2.05) is 13.8 Å². The Balaban J connectivity index is 1.79. The van der Waals surface area contributed by atoms with Gasteiger partial charge in [0.15, 0.2) is 0 Å². The van der Waals surface area contributed by atoms with E-state index < -0.39 is 6.04 Å². The largest absolute Gasteiger partial charge is 0.497 e. The summed E-state index contributed by atoms with van der Waals surface area (Å²) in [6.45, 7) is 4.09. The van der Waals surface area contributed by atoms with Crippen molar-refractivity contribution in [2.45, 2.75) is 26.3 Å². The van der Waals surface area contributed by atoms with Crippen molar-refractivity contribution in [3.63, 3.8) is 0 Å². The normalized spacial score (nSPS) is 12.0. The van der Waals surface area contributed by atoms with Crippen molar-refractivity contribution in [3.8, 4) is 17.1 Å². The van der Waals surface area contributed by atoms with Gasteiger partial charge in [0, 0.05) is 11.1 Å². The van der Waals surface area contributed by atoms with Crippen molar-refractivity contribution in [1.29, 1.82) is 0 Å². The third kappa shape index (κ3) is 4.73. The average Bonchev–Trinajstić information content (AvgIpc) is 3.18. The number of carbonyl (C=O) groups excluding carboxylic acids is 1. The van der Waals surface area contributed by atoms with Crippen LogP contribution in [0.25, 0.3) is 11.4 Å². The van der Waals surface area contributed by atoms with Crippen LogP contribution in [0, 0.1) is 11.7 Å². The summed E-state index contributed by atoms with van der Waals surface area (Å²) in [6, 6.07) is 12.2. The van der Waals surface area contributed by atoms with Crippen LogP contribution < -0.4 is 10.1 Å². The number of rotatable bonds is 7. The molecule has 1 amide bonds. The lowest BCUT2D eigenvalue weighted by Crippen LogP contribution is -2.29. The molecule has 0 saturated heterocycles. The summed E-state index contributed by atoms with van der Waals surface area (Å²) < 4.78 is 23.6. The minimum atomic E-state index is -0.434. The van der Waals surface area contributed by atoms with E-state index in [0.29, 0.717) is 40.9 Å². The fourth-order valence-electron chi connectivity index (χ4n) is 2.77. The Morgan fingerprint density at radius 1 is 1.14 bits per heavy atom. The summed E-state index contributed by atoms with van der Waals surface area (Å²) in [5.41, 5.74) is 1.15. The van der Waals surface area contributed by atoms with Crippen LogP contribution in [0.5, 0.6) is 5.75 Å². The van der Waals surface area contributed by atoms with Gasteiger partial charge in [-0.1, -0.05) is 19.0 Å². The maximum absolute atomic E-state index is 13.1. The lowest BCUT2D eigenvalue weighted by molar-refractivity contribution is 0.0922. The molecule has 3 aromatic rings. The first-order chi connectivity index (χ1) is 13.5. The van der Waals surface area contributed by atoms with E-state index in [1.165, 1.54) is 12.1 Å². The topological polar surface area (TPSA) is 77.2 Å². The van der Waals surface area contributed by atoms with Gasteiger partial charge < -0.3 is 14.6 Å². The van der Waals surface area contributed by atoms with E-state index in [4.69, 9.17) is 9.26 Å². The van der Waals surface area contributed by atoms with Crippen LogP contribution in [0.3, 0.4) is 0 Å². The van der Waals surface area contributed by atoms with Crippen molar-refractivity contribution < 1.29 is 18.4 Å². The van der Waals surface area contributed by atoms with Gasteiger partial charge in [-0.05, 0) is 60.9 Å². The van der Waals surface area contributed by atoms with E-state index in [9.17, 15) is 9.18 Å². The zero-order chi connectivity index (χ0) is 20.1. The Morgan fingerprint density at radius 3 is 2.43 bits per heavy atom. The Labute approximate surface area is 162 Å². The molecule has 1 N–H and O–H groups in total. The summed E-state index contributed by atoms with van der Waals surface area (Å²) in [6.07, 6.45) is 0.632. The number of methoxy groups -OCH3 is 1. The van der Waals surface area contributed by atoms with E-state index >= 15 is 0 Å². The number of aromatic nitrogens is 2. The van der Waals surface area contributed by atoms with Crippen LogP contribution in [-0.4, -0.2) is 23.2 Å². The maximum atomic E-state index is 13.1. The molecule has 0 saturated carbocycles. The zero-order valence-corrected chi connectivity index (χ0v) is 16.0. The summed E-state index contributed by atoms with van der Waals surface area (Å²) in [5, 5.41) is 6.93. The van der Waals surface area contributed by atoms with Crippen molar-refractivity contribution in [2.75, 3.05) is 7.11 Å². The average molecular weight is 383 g/mol. The van der Waals surface area contributed by atoms with Crippen LogP contribution in [0.1, 0.15) is 42.6 Å². The zero-order valence-electron chi connectivity index (χ0n) is 16.0. The molecule has 1 heterocycles. The minimum Gasteiger partial charge on any atom is -0.497 e. The van der Waals surface area contributed by atoms with E-state index in [2.05, 4.69) is 15.5 Å². The molecule has 0 aliphatic rings. The predicted octanol–water partition coefficient (Wildman–Crippen LogP) is 4.40. The van der Waals surface area contributed by atoms with Crippen molar-refractivity contribution in [3.05, 3.63) is 65.8 Å². The SMILES string of the molecule is COc1ccc(C(=O)NC(CC(C)C)c2nc(-c3ccc(F)cc3)no2)cc1. The molecule has 1 unspecified atom stereocenters. The lowest BCUT2D eigenvalue weighted by atomic mass is 10.0. The minimum absolute atomic E-state index is 0.241. The molecule has 0 spiro atoms. The van der Waals surface area contributed by atoms with Crippen LogP contribution in [0.15, 0.2) is 53.1 Å². The highest BCUT2D eigenvalue weighted by atomic mass is 19.1. The molecule has 1 atom stereocenters. The second-order valence-electron chi connectivity index (χ2n) is 6.85. The molecular formula is C21H22FN3O3. The van der Waals surface area contributed by atoms with Gasteiger partial charge in [-0.2, -0.15) is 4.98 Å². The summed E-state index contributed by atoms with van der Waals surface area (Å²) in [5.74, 6) is 1.06. The lowest BCUT2D eigenvalue weighted by Gasteiger charge is -2.17. The maximum Gasteiger partial charge on any atom is 0.251 e. The molecule has 1 aromatic heterocycles. The second-order valence-corrected chi connectivity index (χ2v) is 6.85. The first-order valence-corrected chi connectivity index (χ1v) is 9.00. The van der Waals surface area contributed by atoms with Gasteiger partial charge in [0.2, 0.25) is 11.7 Å². The molecule has 146 valence electrons. The van der Waals surface area contributed by atoms with Crippen LogP contribution >= 0.6 is 0 Å². The van der Waals surface area contributed by atoms with Gasteiger partial charge >= 0.3 is 0 Å². The number of hydrogen-bond acceptors (Lipinski definition) is 5. The van der Waals surface area contributed by atoms with Gasteiger partial charge in [0.05, 0.1) is 7.11 Å². The number of amides is 1. The third-order valence-electron chi connectivity index (χ3n) is 4.21. The Morgan fingerprint density at radius 2 is 1.82 bits per heavy atom. The summed E-state index contributed by atoms with van der Waals surface area (Å²) in [7, 11) is 1.57.